The molecule has 0 aliphatic carbocycles. The van der Waals surface area contributed by atoms with Gasteiger partial charge in [-0.1, -0.05) is 26.0 Å². The third-order valence-electron chi connectivity index (χ3n) is 4.67. The first kappa shape index (κ1) is 15.3. The number of likely N-dealkylation sites (N-methyl/N-ethyl adjacent to an activating group) is 1. The zero-order valence-electron chi connectivity index (χ0n) is 13.4. The smallest absolute Gasteiger partial charge is 0.0367 e. The predicted octanol–water partition coefficient (Wildman–Crippen LogP) is 2.89. The van der Waals surface area contributed by atoms with Crippen LogP contribution in [0.1, 0.15) is 38.3 Å². The fourth-order valence-electron chi connectivity index (χ4n) is 3.15. The van der Waals surface area contributed by atoms with Crippen molar-refractivity contribution in [3.63, 3.8) is 0 Å². The molecule has 2 atom stereocenters. The maximum Gasteiger partial charge on any atom is 0.0367 e. The number of rotatable bonds is 5. The van der Waals surface area contributed by atoms with Gasteiger partial charge >= 0.3 is 0 Å². The second kappa shape index (κ2) is 7.09. The van der Waals surface area contributed by atoms with Crippen molar-refractivity contribution in [3.05, 3.63) is 29.8 Å². The van der Waals surface area contributed by atoms with Crippen molar-refractivity contribution >= 4 is 5.69 Å². The zero-order chi connectivity index (χ0) is 14.5. The highest BCUT2D eigenvalue weighted by Crippen LogP contribution is 2.23. The van der Waals surface area contributed by atoms with Crippen LogP contribution in [-0.2, 0) is 0 Å². The first-order valence-corrected chi connectivity index (χ1v) is 7.92. The molecule has 20 heavy (non-hydrogen) atoms. The van der Waals surface area contributed by atoms with Gasteiger partial charge in [0.15, 0.2) is 0 Å². The molecule has 1 aliphatic rings. The second-order valence-electron chi connectivity index (χ2n) is 5.83. The van der Waals surface area contributed by atoms with Gasteiger partial charge in [-0.15, -0.1) is 0 Å². The SMILES string of the molecule is CCC(NC)c1ccc(N2CCN(C)C(CC)C2)cc1. The van der Waals surface area contributed by atoms with Gasteiger partial charge in [-0.2, -0.15) is 0 Å². The molecule has 0 bridgehead atoms. The average molecular weight is 275 g/mol. The first-order chi connectivity index (χ1) is 9.69. The van der Waals surface area contributed by atoms with Gasteiger partial charge in [0, 0.05) is 37.4 Å². The van der Waals surface area contributed by atoms with E-state index in [2.05, 4.69) is 60.3 Å². The molecule has 1 heterocycles. The van der Waals surface area contributed by atoms with E-state index in [0.717, 1.165) is 26.1 Å². The molecule has 0 amide bonds. The summed E-state index contributed by atoms with van der Waals surface area (Å²) in [7, 11) is 4.28. The molecule has 3 heteroatoms. The minimum Gasteiger partial charge on any atom is -0.369 e. The summed E-state index contributed by atoms with van der Waals surface area (Å²) in [5, 5.41) is 3.37. The molecule has 1 aromatic rings. The fourth-order valence-corrected chi connectivity index (χ4v) is 3.15. The maximum atomic E-state index is 3.37. The van der Waals surface area contributed by atoms with Crippen LogP contribution in [0.25, 0.3) is 0 Å². The fraction of sp³-hybridized carbons (Fsp3) is 0.647. The predicted molar refractivity (Wildman–Crippen MR) is 87.5 cm³/mol. The van der Waals surface area contributed by atoms with E-state index in [1.807, 2.05) is 7.05 Å². The molecule has 3 nitrogen and oxygen atoms in total. The monoisotopic (exact) mass is 275 g/mol. The lowest BCUT2D eigenvalue weighted by atomic mass is 10.0. The highest BCUT2D eigenvalue weighted by molar-refractivity contribution is 5.48. The summed E-state index contributed by atoms with van der Waals surface area (Å²) in [5.41, 5.74) is 2.76. The van der Waals surface area contributed by atoms with Crippen molar-refractivity contribution in [2.75, 3.05) is 38.6 Å². The van der Waals surface area contributed by atoms with Crippen molar-refractivity contribution in [2.24, 2.45) is 0 Å². The largest absolute Gasteiger partial charge is 0.369 e. The highest BCUT2D eigenvalue weighted by Gasteiger charge is 2.22. The number of benzene rings is 1. The third kappa shape index (κ3) is 3.33. The summed E-state index contributed by atoms with van der Waals surface area (Å²) in [4.78, 5) is 5.01. The van der Waals surface area contributed by atoms with Crippen LogP contribution < -0.4 is 10.2 Å². The van der Waals surface area contributed by atoms with E-state index in [9.17, 15) is 0 Å². The van der Waals surface area contributed by atoms with E-state index in [4.69, 9.17) is 0 Å². The Kier molecular flexibility index (Phi) is 5.44. The number of nitrogens with zero attached hydrogens (tertiary/aromatic N) is 2. The lowest BCUT2D eigenvalue weighted by Crippen LogP contribution is -2.51. The van der Waals surface area contributed by atoms with Crippen molar-refractivity contribution in [1.82, 2.24) is 10.2 Å². The first-order valence-electron chi connectivity index (χ1n) is 7.92. The molecule has 0 aromatic heterocycles. The Hall–Kier alpha value is -1.06. The summed E-state index contributed by atoms with van der Waals surface area (Å²) in [5.74, 6) is 0. The Balaban J connectivity index is 2.06. The molecular weight excluding hydrogens is 246 g/mol. The molecule has 1 saturated heterocycles. The van der Waals surface area contributed by atoms with Crippen molar-refractivity contribution in [2.45, 2.75) is 38.8 Å². The molecule has 1 aromatic carbocycles. The molecule has 0 spiro atoms. The molecular formula is C17H29N3. The van der Waals surface area contributed by atoms with E-state index in [1.165, 1.54) is 17.7 Å². The number of piperazine rings is 1. The number of hydrogen-bond acceptors (Lipinski definition) is 3. The third-order valence-corrected chi connectivity index (χ3v) is 4.67. The highest BCUT2D eigenvalue weighted by atomic mass is 15.3. The molecule has 1 N–H and O–H groups in total. The summed E-state index contributed by atoms with van der Waals surface area (Å²) in [6.45, 7) is 7.95. The van der Waals surface area contributed by atoms with Gasteiger partial charge < -0.3 is 10.2 Å². The van der Waals surface area contributed by atoms with Crippen LogP contribution >= 0.6 is 0 Å². The molecule has 2 unspecified atom stereocenters. The van der Waals surface area contributed by atoms with E-state index >= 15 is 0 Å². The summed E-state index contributed by atoms with van der Waals surface area (Å²) < 4.78 is 0. The summed E-state index contributed by atoms with van der Waals surface area (Å²) >= 11 is 0. The minimum atomic E-state index is 0.472. The van der Waals surface area contributed by atoms with Crippen LogP contribution in [0.15, 0.2) is 24.3 Å². The second-order valence-corrected chi connectivity index (χ2v) is 5.83. The van der Waals surface area contributed by atoms with Crippen molar-refractivity contribution in [3.8, 4) is 0 Å². The van der Waals surface area contributed by atoms with E-state index < -0.39 is 0 Å². The summed E-state index contributed by atoms with van der Waals surface area (Å²) in [6.07, 6.45) is 2.35. The quantitative estimate of drug-likeness (QED) is 0.891. The van der Waals surface area contributed by atoms with Crippen LogP contribution in [0.2, 0.25) is 0 Å². The van der Waals surface area contributed by atoms with E-state index in [1.54, 1.807) is 0 Å². The minimum absolute atomic E-state index is 0.472. The number of nitrogens with one attached hydrogen (secondary N) is 1. The van der Waals surface area contributed by atoms with E-state index in [-0.39, 0.29) is 0 Å². The number of hydrogen-bond donors (Lipinski definition) is 1. The zero-order valence-corrected chi connectivity index (χ0v) is 13.4. The Morgan fingerprint density at radius 2 is 1.90 bits per heavy atom. The van der Waals surface area contributed by atoms with Gasteiger partial charge in [-0.05, 0) is 44.6 Å². The summed E-state index contributed by atoms with van der Waals surface area (Å²) in [6, 6.07) is 10.3. The van der Waals surface area contributed by atoms with Crippen LogP contribution in [0.4, 0.5) is 5.69 Å². The molecule has 1 aliphatic heterocycles. The van der Waals surface area contributed by atoms with Crippen LogP contribution in [0.5, 0.6) is 0 Å². The van der Waals surface area contributed by atoms with Crippen LogP contribution in [-0.4, -0.2) is 44.7 Å². The van der Waals surface area contributed by atoms with Crippen molar-refractivity contribution < 1.29 is 0 Å². The number of anilines is 1. The van der Waals surface area contributed by atoms with Gasteiger partial charge in [0.2, 0.25) is 0 Å². The van der Waals surface area contributed by atoms with E-state index in [0.29, 0.717) is 12.1 Å². The van der Waals surface area contributed by atoms with Gasteiger partial charge in [0.25, 0.3) is 0 Å². The Bertz CT molecular complexity index is 397. The molecule has 0 saturated carbocycles. The maximum absolute atomic E-state index is 3.37. The topological polar surface area (TPSA) is 18.5 Å². The lowest BCUT2D eigenvalue weighted by molar-refractivity contribution is 0.213. The Morgan fingerprint density at radius 1 is 1.20 bits per heavy atom. The van der Waals surface area contributed by atoms with Crippen molar-refractivity contribution in [1.29, 1.82) is 0 Å². The van der Waals surface area contributed by atoms with Crippen LogP contribution in [0.3, 0.4) is 0 Å². The average Bonchev–Trinajstić information content (AvgIpc) is 2.50. The molecule has 112 valence electrons. The van der Waals surface area contributed by atoms with Gasteiger partial charge in [-0.25, -0.2) is 0 Å². The normalized spacial score (nSPS) is 22.0. The Morgan fingerprint density at radius 3 is 2.45 bits per heavy atom. The van der Waals surface area contributed by atoms with Crippen LogP contribution in [0, 0.1) is 0 Å². The molecule has 1 fully saturated rings. The lowest BCUT2D eigenvalue weighted by Gasteiger charge is -2.40. The standard InChI is InChI=1S/C17H29N3/c1-5-15-13-20(12-11-19(15)4)16-9-7-14(8-10-16)17(6-2)18-3/h7-10,15,17-18H,5-6,11-13H2,1-4H3. The molecule has 0 radical (unpaired) electrons. The molecule has 2 rings (SSSR count). The Labute approximate surface area is 124 Å². The van der Waals surface area contributed by atoms with Gasteiger partial charge in [0.1, 0.15) is 0 Å². The van der Waals surface area contributed by atoms with Gasteiger partial charge in [-0.3, -0.25) is 4.90 Å². The van der Waals surface area contributed by atoms with Gasteiger partial charge in [0.05, 0.1) is 0 Å².